The van der Waals surface area contributed by atoms with Crippen molar-refractivity contribution < 1.29 is 0 Å². The number of rotatable bonds is 2. The first kappa shape index (κ1) is 5.76. The number of nitrogens with zero attached hydrogens (tertiary/aromatic N) is 4. The van der Waals surface area contributed by atoms with Gasteiger partial charge in [-0.15, -0.1) is 17.4 Å². The van der Waals surface area contributed by atoms with Crippen LogP contribution < -0.4 is 0 Å². The zero-order chi connectivity index (χ0) is 6.53. The lowest BCUT2D eigenvalue weighted by molar-refractivity contribution is 0.601. The highest BCUT2D eigenvalue weighted by Gasteiger charge is 1.86. The molecule has 0 unspecified atom stereocenters. The second-order valence-corrected chi connectivity index (χ2v) is 1.53. The van der Waals surface area contributed by atoms with Gasteiger partial charge in [0.25, 0.3) is 0 Å². The molecule has 4 heteroatoms. The van der Waals surface area contributed by atoms with E-state index in [2.05, 4.69) is 21.4 Å². The predicted molar refractivity (Wildman–Crippen MR) is 31.3 cm³/mol. The number of aromatic nitrogens is 4. The van der Waals surface area contributed by atoms with Gasteiger partial charge in [-0.05, 0) is 10.4 Å². The predicted octanol–water partition coefficient (Wildman–Crippen LogP) is -0.304. The number of tetrazole rings is 1. The Kier molecular flexibility index (Phi) is 1.81. The van der Waals surface area contributed by atoms with Gasteiger partial charge in [-0.25, -0.2) is 4.68 Å². The Bertz CT molecular complexity index is 195. The summed E-state index contributed by atoms with van der Waals surface area (Å²) in [7, 11) is 0. The molecular formula is C5H6N4. The third-order valence-corrected chi connectivity index (χ3v) is 0.877. The van der Waals surface area contributed by atoms with Gasteiger partial charge in [0.1, 0.15) is 6.33 Å². The summed E-state index contributed by atoms with van der Waals surface area (Å²) in [6, 6.07) is 0. The number of hydrogen-bond acceptors (Lipinski definition) is 3. The van der Waals surface area contributed by atoms with Crippen LogP contribution in [0.5, 0.6) is 0 Å². The van der Waals surface area contributed by atoms with Crippen molar-refractivity contribution in [2.75, 3.05) is 0 Å². The van der Waals surface area contributed by atoms with Crippen molar-refractivity contribution in [2.45, 2.75) is 13.0 Å². The molecule has 0 atom stereocenters. The molecule has 0 fully saturated rings. The van der Waals surface area contributed by atoms with Crippen LogP contribution in [0.25, 0.3) is 0 Å². The summed E-state index contributed by atoms with van der Waals surface area (Å²) >= 11 is 0. The van der Waals surface area contributed by atoms with Crippen molar-refractivity contribution in [3.8, 4) is 12.3 Å². The molecule has 0 saturated heterocycles. The molecule has 1 aromatic heterocycles. The van der Waals surface area contributed by atoms with E-state index in [1.54, 1.807) is 4.68 Å². The quantitative estimate of drug-likeness (QED) is 0.506. The number of terminal acetylenes is 1. The maximum Gasteiger partial charge on any atom is 0.138 e. The van der Waals surface area contributed by atoms with E-state index < -0.39 is 0 Å². The molecule has 0 aliphatic carbocycles. The van der Waals surface area contributed by atoms with Gasteiger partial charge >= 0.3 is 0 Å². The zero-order valence-corrected chi connectivity index (χ0v) is 4.86. The van der Waals surface area contributed by atoms with Gasteiger partial charge in [0.2, 0.25) is 0 Å². The van der Waals surface area contributed by atoms with Crippen molar-refractivity contribution in [3.63, 3.8) is 0 Å². The maximum absolute atomic E-state index is 5.01. The fourth-order valence-corrected chi connectivity index (χ4v) is 0.462. The molecule has 0 spiro atoms. The molecule has 1 rings (SSSR count). The van der Waals surface area contributed by atoms with Gasteiger partial charge in [-0.3, -0.25) is 0 Å². The third kappa shape index (κ3) is 1.53. The molecule has 1 heterocycles. The van der Waals surface area contributed by atoms with E-state index in [0.717, 1.165) is 0 Å². The van der Waals surface area contributed by atoms with Gasteiger partial charge in [-0.1, -0.05) is 0 Å². The highest BCUT2D eigenvalue weighted by atomic mass is 15.5. The second kappa shape index (κ2) is 2.82. The van der Waals surface area contributed by atoms with Crippen LogP contribution in [0, 0.1) is 12.3 Å². The van der Waals surface area contributed by atoms with Crippen molar-refractivity contribution in [2.24, 2.45) is 0 Å². The zero-order valence-electron chi connectivity index (χ0n) is 4.86. The molecule has 0 amide bonds. The minimum absolute atomic E-state index is 0.672. The van der Waals surface area contributed by atoms with E-state index in [1.807, 2.05) is 0 Å². The standard InChI is InChI=1S/C5H6N4/c1-2-3-4-9-5-6-7-8-9/h1,5H,3-4H2. The van der Waals surface area contributed by atoms with Crippen LogP contribution in [0.3, 0.4) is 0 Å². The summed E-state index contributed by atoms with van der Waals surface area (Å²) in [5.74, 6) is 2.49. The highest BCUT2D eigenvalue weighted by Crippen LogP contribution is 1.80. The molecule has 0 bridgehead atoms. The lowest BCUT2D eigenvalue weighted by atomic mass is 10.4. The first-order valence-electron chi connectivity index (χ1n) is 2.57. The topological polar surface area (TPSA) is 43.6 Å². The Morgan fingerprint density at radius 1 is 1.67 bits per heavy atom. The largest absolute Gasteiger partial charge is 0.232 e. The summed E-state index contributed by atoms with van der Waals surface area (Å²) in [6.07, 6.45) is 7.22. The molecule has 0 N–H and O–H groups in total. The smallest absolute Gasteiger partial charge is 0.138 e. The van der Waals surface area contributed by atoms with E-state index in [9.17, 15) is 0 Å². The third-order valence-electron chi connectivity index (χ3n) is 0.877. The molecule has 9 heavy (non-hydrogen) atoms. The summed E-state index contributed by atoms with van der Waals surface area (Å²) in [4.78, 5) is 0. The summed E-state index contributed by atoms with van der Waals surface area (Å²) < 4.78 is 1.60. The van der Waals surface area contributed by atoms with Crippen LogP contribution in [0.1, 0.15) is 6.42 Å². The molecule has 0 radical (unpaired) electrons. The normalized spacial score (nSPS) is 8.78. The Morgan fingerprint density at radius 2 is 2.56 bits per heavy atom. The Hall–Kier alpha value is -1.37. The first-order chi connectivity index (χ1) is 4.43. The van der Waals surface area contributed by atoms with Gasteiger partial charge in [0.05, 0.1) is 6.54 Å². The van der Waals surface area contributed by atoms with Crippen LogP contribution in [-0.4, -0.2) is 20.2 Å². The first-order valence-corrected chi connectivity index (χ1v) is 2.57. The van der Waals surface area contributed by atoms with Crippen LogP contribution in [0.2, 0.25) is 0 Å². The molecule has 4 nitrogen and oxygen atoms in total. The Morgan fingerprint density at radius 3 is 3.11 bits per heavy atom. The Labute approximate surface area is 52.9 Å². The average molecular weight is 122 g/mol. The lowest BCUT2D eigenvalue weighted by Gasteiger charge is -1.89. The van der Waals surface area contributed by atoms with Crippen molar-refractivity contribution in [3.05, 3.63) is 6.33 Å². The fourth-order valence-electron chi connectivity index (χ4n) is 0.462. The van der Waals surface area contributed by atoms with Crippen molar-refractivity contribution in [1.82, 2.24) is 20.2 Å². The molecular weight excluding hydrogens is 116 g/mol. The molecule has 46 valence electrons. The van der Waals surface area contributed by atoms with Crippen molar-refractivity contribution >= 4 is 0 Å². The molecule has 1 aromatic rings. The van der Waals surface area contributed by atoms with E-state index in [4.69, 9.17) is 6.42 Å². The minimum atomic E-state index is 0.672. The molecule has 0 aliphatic heterocycles. The van der Waals surface area contributed by atoms with Crippen molar-refractivity contribution in [1.29, 1.82) is 0 Å². The lowest BCUT2D eigenvalue weighted by Crippen LogP contribution is -1.97. The minimum Gasteiger partial charge on any atom is -0.232 e. The number of aryl methyl sites for hydroxylation is 1. The van der Waals surface area contributed by atoms with E-state index >= 15 is 0 Å². The molecule has 0 aromatic carbocycles. The SMILES string of the molecule is C#CCCn1cnnn1. The van der Waals surface area contributed by atoms with Gasteiger partial charge < -0.3 is 0 Å². The summed E-state index contributed by atoms with van der Waals surface area (Å²) in [5, 5.41) is 10.5. The Balaban J connectivity index is 2.41. The van der Waals surface area contributed by atoms with E-state index in [-0.39, 0.29) is 0 Å². The average Bonchev–Trinajstić information content (AvgIpc) is 2.34. The van der Waals surface area contributed by atoms with E-state index in [0.29, 0.717) is 13.0 Å². The van der Waals surface area contributed by atoms with E-state index in [1.165, 1.54) is 6.33 Å². The van der Waals surface area contributed by atoms with Crippen LogP contribution >= 0.6 is 0 Å². The second-order valence-electron chi connectivity index (χ2n) is 1.53. The van der Waals surface area contributed by atoms with Crippen LogP contribution in [0.15, 0.2) is 6.33 Å². The van der Waals surface area contributed by atoms with Gasteiger partial charge in [0.15, 0.2) is 0 Å². The number of hydrogen-bond donors (Lipinski definition) is 0. The van der Waals surface area contributed by atoms with Gasteiger partial charge in [0, 0.05) is 6.42 Å². The fraction of sp³-hybridized carbons (Fsp3) is 0.400. The summed E-state index contributed by atoms with van der Waals surface area (Å²) in [5.41, 5.74) is 0. The molecule has 0 aliphatic rings. The summed E-state index contributed by atoms with van der Waals surface area (Å²) in [6.45, 7) is 0.698. The maximum atomic E-state index is 5.01. The monoisotopic (exact) mass is 122 g/mol. The van der Waals surface area contributed by atoms with Crippen LogP contribution in [0.4, 0.5) is 0 Å². The van der Waals surface area contributed by atoms with Crippen LogP contribution in [-0.2, 0) is 6.54 Å². The molecule has 0 saturated carbocycles. The highest BCUT2D eigenvalue weighted by molar-refractivity contribution is 4.82. The van der Waals surface area contributed by atoms with Gasteiger partial charge in [-0.2, -0.15) is 0 Å².